The minimum Gasteiger partial charge on any atom is -0.340 e. The van der Waals surface area contributed by atoms with E-state index >= 15 is 0 Å². The van der Waals surface area contributed by atoms with E-state index in [0.717, 1.165) is 41.2 Å². The first-order valence-electron chi connectivity index (χ1n) is 13.1. The van der Waals surface area contributed by atoms with E-state index in [0.29, 0.717) is 60.6 Å². The van der Waals surface area contributed by atoms with Gasteiger partial charge in [0.2, 0.25) is 11.7 Å². The van der Waals surface area contributed by atoms with Crippen LogP contribution in [0, 0.1) is 20.8 Å². The summed E-state index contributed by atoms with van der Waals surface area (Å²) in [6, 6.07) is 9.60. The highest BCUT2D eigenvalue weighted by atomic mass is 35.5. The highest BCUT2D eigenvalue weighted by Gasteiger charge is 2.23. The van der Waals surface area contributed by atoms with E-state index in [9.17, 15) is 4.79 Å². The van der Waals surface area contributed by atoms with Crippen molar-refractivity contribution in [2.45, 2.75) is 40.2 Å². The number of nitrogens with zero attached hydrogens (tertiary/aromatic N) is 11. The van der Waals surface area contributed by atoms with Crippen molar-refractivity contribution < 1.29 is 4.79 Å². The summed E-state index contributed by atoms with van der Waals surface area (Å²) in [5, 5.41) is 32.3. The zero-order valence-corrected chi connectivity index (χ0v) is 23.3. The van der Waals surface area contributed by atoms with Crippen molar-refractivity contribution in [3.05, 3.63) is 63.7 Å². The molecule has 0 saturated carbocycles. The number of piperazine rings is 1. The Bertz CT molecular complexity index is 1670. The van der Waals surface area contributed by atoms with Crippen molar-refractivity contribution in [2.75, 3.05) is 26.2 Å². The van der Waals surface area contributed by atoms with Gasteiger partial charge in [0.15, 0.2) is 17.3 Å². The van der Waals surface area contributed by atoms with Gasteiger partial charge in [-0.1, -0.05) is 23.7 Å². The highest BCUT2D eigenvalue weighted by Crippen LogP contribution is 2.29. The standard InChI is InChI=1S/C26H29ClN12O/c1-16-20(17(2)38(32-16)23-9-8-22-29-28-18(3)39(22)33-23)7-10-24(40)37-13-11-36(12-14-37)15-19-5-4-6-21(25(19)27)26-30-34-35-31-26/h4-6,8-9H,7,10-15H2,1-3H3,(H,30,31,34,35). The maximum absolute atomic E-state index is 13.1. The molecule has 0 radical (unpaired) electrons. The number of carbonyl (C=O) groups excluding carboxylic acids is 1. The molecule has 0 atom stereocenters. The van der Waals surface area contributed by atoms with Gasteiger partial charge >= 0.3 is 0 Å². The topological polar surface area (TPSA) is 139 Å². The molecule has 40 heavy (non-hydrogen) atoms. The zero-order valence-electron chi connectivity index (χ0n) is 22.5. The first-order valence-corrected chi connectivity index (χ1v) is 13.5. The Morgan fingerprint density at radius 3 is 2.60 bits per heavy atom. The van der Waals surface area contributed by atoms with Gasteiger partial charge in [-0.2, -0.15) is 14.8 Å². The number of nitrogens with one attached hydrogen (secondary N) is 1. The number of aromatic nitrogens is 10. The molecule has 206 valence electrons. The van der Waals surface area contributed by atoms with Gasteiger partial charge in [0.25, 0.3) is 0 Å². The fourth-order valence-electron chi connectivity index (χ4n) is 5.20. The van der Waals surface area contributed by atoms with Crippen molar-refractivity contribution in [3.8, 4) is 17.2 Å². The van der Waals surface area contributed by atoms with E-state index in [2.05, 4.69) is 40.8 Å². The average molecular weight is 561 g/mol. The first-order chi connectivity index (χ1) is 19.4. The van der Waals surface area contributed by atoms with Gasteiger partial charge in [0.05, 0.1) is 10.7 Å². The third-order valence-corrected chi connectivity index (χ3v) is 7.88. The van der Waals surface area contributed by atoms with Crippen molar-refractivity contribution in [2.24, 2.45) is 0 Å². The molecular formula is C26H29ClN12O. The van der Waals surface area contributed by atoms with E-state index in [4.69, 9.17) is 16.7 Å². The van der Waals surface area contributed by atoms with Crippen LogP contribution >= 0.6 is 11.6 Å². The van der Waals surface area contributed by atoms with Crippen LogP contribution in [0.4, 0.5) is 0 Å². The third-order valence-electron chi connectivity index (χ3n) is 7.44. The molecule has 0 spiro atoms. The van der Waals surface area contributed by atoms with Crippen LogP contribution in [0.25, 0.3) is 22.9 Å². The SMILES string of the molecule is Cc1nn(-c2ccc3nnc(C)n3n2)c(C)c1CCC(=O)N1CCN(Cc2cccc(-c3nn[nH]n3)c2Cl)CC1. The molecule has 5 heterocycles. The lowest BCUT2D eigenvalue weighted by Gasteiger charge is -2.35. The second-order valence-corrected chi connectivity index (χ2v) is 10.3. The molecule has 14 heteroatoms. The van der Waals surface area contributed by atoms with Crippen LogP contribution in [0.3, 0.4) is 0 Å². The Balaban J connectivity index is 1.06. The number of amides is 1. The molecule has 1 fully saturated rings. The number of hydrogen-bond acceptors (Lipinski definition) is 9. The first kappa shape index (κ1) is 26.0. The van der Waals surface area contributed by atoms with Crippen molar-refractivity contribution in [3.63, 3.8) is 0 Å². The average Bonchev–Trinajstić information content (AvgIpc) is 3.69. The predicted octanol–water partition coefficient (Wildman–Crippen LogP) is 2.35. The second kappa shape index (κ2) is 10.7. The number of hydrogen-bond donors (Lipinski definition) is 1. The maximum Gasteiger partial charge on any atom is 0.222 e. The quantitative estimate of drug-likeness (QED) is 0.317. The van der Waals surface area contributed by atoms with Crippen LogP contribution in [0.2, 0.25) is 5.02 Å². The second-order valence-electron chi connectivity index (χ2n) is 9.94. The summed E-state index contributed by atoms with van der Waals surface area (Å²) in [6.07, 6.45) is 1.06. The molecular weight excluding hydrogens is 532 g/mol. The molecule has 1 saturated heterocycles. The lowest BCUT2D eigenvalue weighted by atomic mass is 10.1. The molecule has 0 bridgehead atoms. The Morgan fingerprint density at radius 1 is 1.00 bits per heavy atom. The summed E-state index contributed by atoms with van der Waals surface area (Å²) in [4.78, 5) is 17.4. The number of aromatic amines is 1. The number of rotatable bonds is 7. The predicted molar refractivity (Wildman–Crippen MR) is 147 cm³/mol. The molecule has 6 rings (SSSR count). The number of benzene rings is 1. The van der Waals surface area contributed by atoms with Crippen molar-refractivity contribution in [1.29, 1.82) is 0 Å². The van der Waals surface area contributed by atoms with Gasteiger partial charge in [-0.25, -0.2) is 4.68 Å². The summed E-state index contributed by atoms with van der Waals surface area (Å²) >= 11 is 6.66. The van der Waals surface area contributed by atoms with Crippen LogP contribution in [0.5, 0.6) is 0 Å². The Kier molecular flexibility index (Phi) is 6.98. The smallest absolute Gasteiger partial charge is 0.222 e. The fourth-order valence-corrected chi connectivity index (χ4v) is 5.47. The monoisotopic (exact) mass is 560 g/mol. The lowest BCUT2D eigenvalue weighted by Crippen LogP contribution is -2.48. The third kappa shape index (κ3) is 4.93. The van der Waals surface area contributed by atoms with E-state index in [1.165, 1.54) is 0 Å². The van der Waals surface area contributed by atoms with Gasteiger partial charge in [-0.05, 0) is 61.7 Å². The Hall–Kier alpha value is -4.23. The molecule has 1 aromatic carbocycles. The largest absolute Gasteiger partial charge is 0.340 e. The van der Waals surface area contributed by atoms with Gasteiger partial charge in [-0.15, -0.1) is 25.5 Å². The van der Waals surface area contributed by atoms with Crippen LogP contribution < -0.4 is 0 Å². The minimum atomic E-state index is 0.156. The van der Waals surface area contributed by atoms with Crippen molar-refractivity contribution >= 4 is 23.2 Å². The maximum atomic E-state index is 13.1. The molecule has 1 N–H and O–H groups in total. The number of halogens is 1. The van der Waals surface area contributed by atoms with Gasteiger partial charge in [-0.3, -0.25) is 9.69 Å². The molecule has 1 aliphatic heterocycles. The van der Waals surface area contributed by atoms with E-state index in [-0.39, 0.29) is 5.91 Å². The molecule has 5 aromatic rings. The van der Waals surface area contributed by atoms with Crippen LogP contribution in [0.15, 0.2) is 30.3 Å². The molecule has 0 aliphatic carbocycles. The summed E-state index contributed by atoms with van der Waals surface area (Å²) in [5.74, 6) is 2.03. The highest BCUT2D eigenvalue weighted by molar-refractivity contribution is 6.34. The van der Waals surface area contributed by atoms with Crippen LogP contribution in [0.1, 0.15) is 34.8 Å². The van der Waals surface area contributed by atoms with Gasteiger partial charge in [0, 0.05) is 50.4 Å². The number of tetrazole rings is 1. The number of fused-ring (bicyclic) bond motifs is 1. The Morgan fingerprint density at radius 2 is 1.82 bits per heavy atom. The minimum absolute atomic E-state index is 0.156. The van der Waals surface area contributed by atoms with Gasteiger partial charge < -0.3 is 4.90 Å². The lowest BCUT2D eigenvalue weighted by molar-refractivity contribution is -0.133. The summed E-state index contributed by atoms with van der Waals surface area (Å²) in [5.41, 5.74) is 5.39. The number of carbonyl (C=O) groups is 1. The molecule has 0 unspecified atom stereocenters. The van der Waals surface area contributed by atoms with Crippen LogP contribution in [-0.2, 0) is 17.8 Å². The number of H-pyrrole nitrogens is 1. The number of aryl methyl sites for hydroxylation is 2. The normalized spacial score (nSPS) is 14.3. The van der Waals surface area contributed by atoms with E-state index in [1.807, 2.05) is 60.7 Å². The molecule has 13 nitrogen and oxygen atoms in total. The summed E-state index contributed by atoms with van der Waals surface area (Å²) in [7, 11) is 0. The van der Waals surface area contributed by atoms with E-state index < -0.39 is 0 Å². The van der Waals surface area contributed by atoms with Crippen LogP contribution in [-0.4, -0.2) is 92.1 Å². The van der Waals surface area contributed by atoms with E-state index in [1.54, 1.807) is 4.52 Å². The summed E-state index contributed by atoms with van der Waals surface area (Å²) < 4.78 is 3.53. The molecule has 1 amide bonds. The Labute approximate surface area is 235 Å². The fraction of sp³-hybridized carbons (Fsp3) is 0.385. The van der Waals surface area contributed by atoms with Gasteiger partial charge in [0.1, 0.15) is 0 Å². The molecule has 1 aliphatic rings. The summed E-state index contributed by atoms with van der Waals surface area (Å²) in [6.45, 7) is 9.47. The molecule has 4 aromatic heterocycles. The zero-order chi connectivity index (χ0) is 27.8. The van der Waals surface area contributed by atoms with Crippen molar-refractivity contribution in [1.82, 2.24) is 60.0 Å².